The average molecular weight is 355 g/mol. The minimum Gasteiger partial charge on any atom is -0.493 e. The van der Waals surface area contributed by atoms with Gasteiger partial charge < -0.3 is 23.9 Å². The Morgan fingerprint density at radius 2 is 1.77 bits per heavy atom. The largest absolute Gasteiger partial charge is 0.493 e. The van der Waals surface area contributed by atoms with Gasteiger partial charge in [0.15, 0.2) is 18.1 Å². The fraction of sp³-hybridized carbons (Fsp3) is 0.250. The van der Waals surface area contributed by atoms with Crippen molar-refractivity contribution in [2.45, 2.75) is 13.0 Å². The van der Waals surface area contributed by atoms with E-state index in [1.165, 1.54) is 14.2 Å². The van der Waals surface area contributed by atoms with Crippen molar-refractivity contribution in [2.24, 2.45) is 0 Å². The lowest BCUT2D eigenvalue weighted by atomic mass is 10.2. The fourth-order valence-corrected chi connectivity index (χ4v) is 2.67. The van der Waals surface area contributed by atoms with Crippen LogP contribution < -0.4 is 19.5 Å². The molecule has 1 atom stereocenters. The molecule has 0 spiro atoms. The van der Waals surface area contributed by atoms with E-state index in [0.717, 1.165) is 11.0 Å². The maximum absolute atomic E-state index is 12.3. The molecule has 0 aliphatic carbocycles. The number of hydrogen-bond acceptors (Lipinski definition) is 5. The van der Waals surface area contributed by atoms with Crippen molar-refractivity contribution in [2.75, 3.05) is 20.8 Å². The molecule has 2 aromatic carbocycles. The Labute approximate surface area is 151 Å². The summed E-state index contributed by atoms with van der Waals surface area (Å²) >= 11 is 0. The van der Waals surface area contributed by atoms with Gasteiger partial charge in [-0.15, -0.1) is 0 Å². The van der Waals surface area contributed by atoms with Gasteiger partial charge in [0.2, 0.25) is 5.75 Å². The van der Waals surface area contributed by atoms with E-state index in [1.54, 1.807) is 18.2 Å². The van der Waals surface area contributed by atoms with E-state index < -0.39 is 0 Å². The number of para-hydroxylation sites is 2. The predicted molar refractivity (Wildman–Crippen MR) is 97.8 cm³/mol. The first-order valence-electron chi connectivity index (χ1n) is 8.24. The third-order valence-corrected chi connectivity index (χ3v) is 3.98. The highest BCUT2D eigenvalue weighted by molar-refractivity contribution is 5.80. The number of nitrogens with one attached hydrogen (secondary N) is 1. The van der Waals surface area contributed by atoms with E-state index in [4.69, 9.17) is 18.6 Å². The fourth-order valence-electron chi connectivity index (χ4n) is 2.67. The van der Waals surface area contributed by atoms with Crippen molar-refractivity contribution >= 4 is 16.9 Å². The number of amides is 1. The van der Waals surface area contributed by atoms with Gasteiger partial charge in [0, 0.05) is 5.39 Å². The zero-order chi connectivity index (χ0) is 18.5. The molecule has 0 fully saturated rings. The van der Waals surface area contributed by atoms with Crippen LogP contribution in [-0.2, 0) is 4.79 Å². The van der Waals surface area contributed by atoms with Crippen LogP contribution in [0.4, 0.5) is 0 Å². The number of benzene rings is 2. The number of rotatable bonds is 7. The molecule has 1 N–H and O–H groups in total. The molecule has 1 unspecified atom stereocenters. The van der Waals surface area contributed by atoms with Gasteiger partial charge in [-0.05, 0) is 31.2 Å². The van der Waals surface area contributed by atoms with Crippen molar-refractivity contribution in [3.05, 3.63) is 54.3 Å². The van der Waals surface area contributed by atoms with Crippen molar-refractivity contribution in [1.29, 1.82) is 0 Å². The zero-order valence-corrected chi connectivity index (χ0v) is 14.9. The molecule has 1 amide bonds. The van der Waals surface area contributed by atoms with Gasteiger partial charge in [0.1, 0.15) is 11.3 Å². The Kier molecular flexibility index (Phi) is 5.31. The summed E-state index contributed by atoms with van der Waals surface area (Å²) in [4.78, 5) is 12.3. The van der Waals surface area contributed by atoms with E-state index >= 15 is 0 Å². The maximum Gasteiger partial charge on any atom is 0.258 e. The van der Waals surface area contributed by atoms with Gasteiger partial charge in [0.25, 0.3) is 5.91 Å². The smallest absolute Gasteiger partial charge is 0.258 e. The molecular formula is C20H21NO5. The quantitative estimate of drug-likeness (QED) is 0.700. The number of hydrogen-bond donors (Lipinski definition) is 1. The third-order valence-electron chi connectivity index (χ3n) is 3.98. The molecular weight excluding hydrogens is 334 g/mol. The molecule has 26 heavy (non-hydrogen) atoms. The van der Waals surface area contributed by atoms with Crippen LogP contribution in [0.3, 0.4) is 0 Å². The summed E-state index contributed by atoms with van der Waals surface area (Å²) in [5.74, 6) is 1.81. The Morgan fingerprint density at radius 3 is 2.42 bits per heavy atom. The van der Waals surface area contributed by atoms with E-state index in [1.807, 2.05) is 37.3 Å². The van der Waals surface area contributed by atoms with Crippen molar-refractivity contribution < 1.29 is 23.4 Å². The van der Waals surface area contributed by atoms with Gasteiger partial charge in [-0.2, -0.15) is 0 Å². The van der Waals surface area contributed by atoms with E-state index in [2.05, 4.69) is 5.32 Å². The Hall–Kier alpha value is -3.15. The summed E-state index contributed by atoms with van der Waals surface area (Å²) in [6.45, 7) is 1.70. The van der Waals surface area contributed by atoms with Crippen LogP contribution >= 0.6 is 0 Å². The Balaban J connectivity index is 1.64. The topological polar surface area (TPSA) is 69.9 Å². The molecule has 0 saturated heterocycles. The highest BCUT2D eigenvalue weighted by Gasteiger charge is 2.17. The molecule has 0 saturated carbocycles. The molecule has 0 aliphatic rings. The third kappa shape index (κ3) is 3.74. The first-order valence-corrected chi connectivity index (χ1v) is 8.24. The minimum atomic E-state index is -0.280. The Bertz CT molecular complexity index is 847. The number of methoxy groups -OCH3 is 2. The second-order valence-electron chi connectivity index (χ2n) is 5.76. The number of carbonyl (C=O) groups is 1. The Morgan fingerprint density at radius 1 is 1.08 bits per heavy atom. The van der Waals surface area contributed by atoms with Gasteiger partial charge in [-0.3, -0.25) is 4.79 Å². The standard InChI is InChI=1S/C20H21NO5/c1-13(18-11-14-7-4-5-8-15(14)26-18)21-19(22)12-25-20-16(23-2)9-6-10-17(20)24-3/h4-11,13H,12H2,1-3H3,(H,21,22). The molecule has 0 aliphatic heterocycles. The number of fused-ring (bicyclic) bond motifs is 1. The lowest BCUT2D eigenvalue weighted by molar-refractivity contribution is -0.123. The van der Waals surface area contributed by atoms with Gasteiger partial charge in [-0.1, -0.05) is 24.3 Å². The lowest BCUT2D eigenvalue weighted by Crippen LogP contribution is -2.31. The van der Waals surface area contributed by atoms with Crippen molar-refractivity contribution in [3.63, 3.8) is 0 Å². The zero-order valence-electron chi connectivity index (χ0n) is 14.9. The van der Waals surface area contributed by atoms with Crippen LogP contribution in [0.5, 0.6) is 17.2 Å². The summed E-state index contributed by atoms with van der Waals surface area (Å²) in [6.07, 6.45) is 0. The van der Waals surface area contributed by atoms with Crippen LogP contribution in [0.1, 0.15) is 18.7 Å². The molecule has 6 nitrogen and oxygen atoms in total. The van der Waals surface area contributed by atoms with Gasteiger partial charge in [0.05, 0.1) is 20.3 Å². The molecule has 6 heteroatoms. The summed E-state index contributed by atoms with van der Waals surface area (Å²) in [5.41, 5.74) is 0.790. The molecule has 1 heterocycles. The second kappa shape index (κ2) is 7.82. The first-order chi connectivity index (χ1) is 12.6. The minimum absolute atomic E-state index is 0.165. The summed E-state index contributed by atoms with van der Waals surface area (Å²) in [7, 11) is 3.07. The van der Waals surface area contributed by atoms with Gasteiger partial charge >= 0.3 is 0 Å². The first kappa shape index (κ1) is 17.7. The van der Waals surface area contributed by atoms with Crippen LogP contribution in [-0.4, -0.2) is 26.7 Å². The lowest BCUT2D eigenvalue weighted by Gasteiger charge is -2.15. The molecule has 0 radical (unpaired) electrons. The normalized spacial score (nSPS) is 11.8. The highest BCUT2D eigenvalue weighted by atomic mass is 16.5. The summed E-state index contributed by atoms with van der Waals surface area (Å²) < 4.78 is 21.9. The average Bonchev–Trinajstić information content (AvgIpc) is 3.10. The SMILES string of the molecule is COc1cccc(OC)c1OCC(=O)NC(C)c1cc2ccccc2o1. The van der Waals surface area contributed by atoms with Crippen LogP contribution in [0.15, 0.2) is 52.9 Å². The number of furan rings is 1. The summed E-state index contributed by atoms with van der Waals surface area (Å²) in [5, 5.41) is 3.86. The molecule has 3 rings (SSSR count). The highest BCUT2D eigenvalue weighted by Crippen LogP contribution is 2.36. The van der Waals surface area contributed by atoms with E-state index in [-0.39, 0.29) is 18.6 Å². The van der Waals surface area contributed by atoms with Crippen LogP contribution in [0.2, 0.25) is 0 Å². The molecule has 136 valence electrons. The van der Waals surface area contributed by atoms with E-state index in [0.29, 0.717) is 23.0 Å². The number of carbonyl (C=O) groups excluding carboxylic acids is 1. The van der Waals surface area contributed by atoms with Crippen molar-refractivity contribution in [3.8, 4) is 17.2 Å². The van der Waals surface area contributed by atoms with Gasteiger partial charge in [-0.25, -0.2) is 0 Å². The van der Waals surface area contributed by atoms with Crippen LogP contribution in [0, 0.1) is 0 Å². The molecule has 3 aromatic rings. The molecule has 1 aromatic heterocycles. The van der Waals surface area contributed by atoms with E-state index in [9.17, 15) is 4.79 Å². The summed E-state index contributed by atoms with van der Waals surface area (Å²) in [6, 6.07) is 14.6. The maximum atomic E-state index is 12.3. The predicted octanol–water partition coefficient (Wildman–Crippen LogP) is 3.71. The van der Waals surface area contributed by atoms with Crippen molar-refractivity contribution in [1.82, 2.24) is 5.32 Å². The van der Waals surface area contributed by atoms with Crippen LogP contribution in [0.25, 0.3) is 11.0 Å². The monoisotopic (exact) mass is 355 g/mol. The second-order valence-corrected chi connectivity index (χ2v) is 5.76. The molecule has 0 bridgehead atoms. The number of ether oxygens (including phenoxy) is 3.